The number of halogens is 1. The van der Waals surface area contributed by atoms with Crippen molar-refractivity contribution >= 4 is 19.1 Å². The largest absolute Gasteiger partial charge is 0.352 e. The molecule has 11 nitrogen and oxygen atoms in total. The normalized spacial score (nSPS) is 23.9. The zero-order chi connectivity index (χ0) is 20.7. The van der Waals surface area contributed by atoms with Crippen molar-refractivity contribution < 1.29 is 13.8 Å². The lowest BCUT2D eigenvalue weighted by molar-refractivity contribution is -0.0222. The molecule has 13 heteroatoms. The Kier molecular flexibility index (Phi) is 8.30. The van der Waals surface area contributed by atoms with Crippen molar-refractivity contribution in [1.82, 2.24) is 14.6 Å². The van der Waals surface area contributed by atoms with Gasteiger partial charge in [-0.15, -0.1) is 11.6 Å². The predicted molar refractivity (Wildman–Crippen MR) is 105 cm³/mol. The Balaban J connectivity index is 2.12. The number of aryl methyl sites for hydroxylation is 1. The van der Waals surface area contributed by atoms with Gasteiger partial charge in [0.05, 0.1) is 18.8 Å². The lowest BCUT2D eigenvalue weighted by Crippen LogP contribution is -2.33. The first kappa shape index (κ1) is 22.7. The SMILES string of the molecule is CCCCNP(=O)(CCl)OC[C@H]1O[C@@H](n2cc(C)c(=O)[nH]c2=O)CC1N=[N+]=[N-]. The van der Waals surface area contributed by atoms with Crippen LogP contribution in [0, 0.1) is 6.92 Å². The third-order valence-corrected chi connectivity index (χ3v) is 6.88. The highest BCUT2D eigenvalue weighted by Gasteiger charge is 2.38. The van der Waals surface area contributed by atoms with Crippen molar-refractivity contribution in [3.63, 3.8) is 0 Å². The summed E-state index contributed by atoms with van der Waals surface area (Å²) in [6, 6.07) is -0.631. The molecule has 0 bridgehead atoms. The van der Waals surface area contributed by atoms with E-state index in [4.69, 9.17) is 26.4 Å². The minimum Gasteiger partial charge on any atom is -0.352 e. The van der Waals surface area contributed by atoms with E-state index in [0.717, 1.165) is 12.8 Å². The number of unbranched alkanes of at least 4 members (excludes halogenated alkanes) is 1. The first-order valence-corrected chi connectivity index (χ1v) is 11.2. The monoisotopic (exact) mass is 434 g/mol. The molecule has 2 N–H and O–H groups in total. The Morgan fingerprint density at radius 2 is 2.32 bits per heavy atom. The molecule has 0 spiro atoms. The van der Waals surface area contributed by atoms with Gasteiger partial charge in [-0.25, -0.2) is 9.88 Å². The maximum Gasteiger partial charge on any atom is 0.330 e. The van der Waals surface area contributed by atoms with Gasteiger partial charge in [-0.3, -0.25) is 18.9 Å². The van der Waals surface area contributed by atoms with Crippen molar-refractivity contribution in [2.45, 2.75) is 51.5 Å². The molecule has 2 unspecified atom stereocenters. The molecule has 0 amide bonds. The van der Waals surface area contributed by atoms with E-state index in [9.17, 15) is 14.2 Å². The summed E-state index contributed by atoms with van der Waals surface area (Å²) in [5, 5.41) is 6.53. The fourth-order valence-electron chi connectivity index (χ4n) is 2.77. The quantitative estimate of drug-likeness (QED) is 0.144. The van der Waals surface area contributed by atoms with Crippen molar-refractivity contribution in [2.75, 3.05) is 18.8 Å². The van der Waals surface area contributed by atoms with Crippen LogP contribution in [0.15, 0.2) is 20.9 Å². The molecule has 0 radical (unpaired) electrons. The second-order valence-electron chi connectivity index (χ2n) is 6.47. The molecule has 1 fully saturated rings. The Morgan fingerprint density at radius 3 is 2.96 bits per heavy atom. The van der Waals surface area contributed by atoms with Crippen LogP contribution in [0.3, 0.4) is 0 Å². The third-order valence-electron chi connectivity index (χ3n) is 4.35. The van der Waals surface area contributed by atoms with Crippen LogP contribution in [0.4, 0.5) is 0 Å². The van der Waals surface area contributed by atoms with E-state index in [1.807, 2.05) is 6.92 Å². The van der Waals surface area contributed by atoms with E-state index in [1.54, 1.807) is 6.92 Å². The third kappa shape index (κ3) is 5.70. The maximum atomic E-state index is 12.6. The van der Waals surface area contributed by atoms with E-state index in [0.29, 0.717) is 12.1 Å². The van der Waals surface area contributed by atoms with Crippen LogP contribution in [0.25, 0.3) is 10.4 Å². The second-order valence-corrected chi connectivity index (χ2v) is 9.34. The fraction of sp³-hybridized carbons (Fsp3) is 0.733. The summed E-state index contributed by atoms with van der Waals surface area (Å²) in [6.45, 7) is 3.94. The summed E-state index contributed by atoms with van der Waals surface area (Å²) in [5.41, 5.74) is 7.83. The number of ether oxygens (including phenoxy) is 1. The molecule has 0 saturated carbocycles. The average Bonchev–Trinajstić information content (AvgIpc) is 3.06. The average molecular weight is 435 g/mol. The van der Waals surface area contributed by atoms with Crippen LogP contribution in [-0.2, 0) is 13.8 Å². The predicted octanol–water partition coefficient (Wildman–Crippen LogP) is 2.61. The number of H-pyrrole nitrogens is 1. The first-order valence-electron chi connectivity index (χ1n) is 8.90. The number of rotatable bonds is 10. The van der Waals surface area contributed by atoms with Crippen molar-refractivity contribution in [3.05, 3.63) is 43.0 Å². The van der Waals surface area contributed by atoms with Crippen LogP contribution in [0.2, 0.25) is 0 Å². The minimum absolute atomic E-state index is 0.125. The number of alkyl halides is 1. The number of nitrogens with zero attached hydrogens (tertiary/aromatic N) is 4. The van der Waals surface area contributed by atoms with Gasteiger partial charge in [-0.1, -0.05) is 18.5 Å². The summed E-state index contributed by atoms with van der Waals surface area (Å²) in [7, 11) is -3.26. The molecule has 0 aromatic carbocycles. The van der Waals surface area contributed by atoms with Crippen LogP contribution < -0.4 is 16.3 Å². The van der Waals surface area contributed by atoms with Crippen molar-refractivity contribution in [1.29, 1.82) is 0 Å². The van der Waals surface area contributed by atoms with E-state index >= 15 is 0 Å². The Hall–Kier alpha value is -1.61. The Bertz CT molecular complexity index is 882. The summed E-state index contributed by atoms with van der Waals surface area (Å²) in [6.07, 6.45) is 1.87. The van der Waals surface area contributed by atoms with E-state index < -0.39 is 37.1 Å². The molecule has 1 aromatic rings. The van der Waals surface area contributed by atoms with E-state index in [2.05, 4.69) is 20.1 Å². The highest BCUT2D eigenvalue weighted by atomic mass is 35.5. The molecule has 28 heavy (non-hydrogen) atoms. The van der Waals surface area contributed by atoms with E-state index in [-0.39, 0.29) is 18.6 Å². The molecule has 2 rings (SSSR count). The van der Waals surface area contributed by atoms with Crippen LogP contribution in [0.5, 0.6) is 0 Å². The molecule has 156 valence electrons. The number of azide groups is 1. The second kappa shape index (κ2) is 10.2. The summed E-state index contributed by atoms with van der Waals surface area (Å²) in [4.78, 5) is 28.6. The van der Waals surface area contributed by atoms with Crippen molar-refractivity contribution in [3.8, 4) is 0 Å². The zero-order valence-corrected chi connectivity index (χ0v) is 17.4. The van der Waals surface area contributed by atoms with Gasteiger partial charge in [-0.2, -0.15) is 0 Å². The highest BCUT2D eigenvalue weighted by molar-refractivity contribution is 7.58. The van der Waals surface area contributed by atoms with Crippen LogP contribution in [0.1, 0.15) is 38.0 Å². The maximum absolute atomic E-state index is 12.6. The smallest absolute Gasteiger partial charge is 0.330 e. The molecule has 1 aromatic heterocycles. The zero-order valence-electron chi connectivity index (χ0n) is 15.7. The minimum atomic E-state index is -3.26. The standard InChI is InChI=1S/C15H24ClN6O5P/c1-3-4-5-18-28(25,9-16)26-8-12-11(20-21-17)6-13(27-12)22-7-10(2)14(23)19-15(22)24/h7,11-13H,3-6,8-9H2,1-2H3,(H,18,25)(H,19,23,24)/t11?,12-,13-,28?/m1/s1. The molecule has 2 heterocycles. The van der Waals surface area contributed by atoms with Gasteiger partial charge in [-0.05, 0) is 18.9 Å². The number of nitrogens with one attached hydrogen (secondary N) is 2. The first-order chi connectivity index (χ1) is 13.3. The van der Waals surface area contributed by atoms with Gasteiger partial charge < -0.3 is 9.26 Å². The summed E-state index contributed by atoms with van der Waals surface area (Å²) in [5.74, 6) is 0. The van der Waals surface area contributed by atoms with Gasteiger partial charge >= 0.3 is 5.69 Å². The summed E-state index contributed by atoms with van der Waals surface area (Å²) >= 11 is 5.80. The number of hydrogen-bond donors (Lipinski definition) is 2. The van der Waals surface area contributed by atoms with Crippen LogP contribution >= 0.6 is 19.1 Å². The van der Waals surface area contributed by atoms with Crippen LogP contribution in [-0.4, -0.2) is 40.5 Å². The molecule has 1 aliphatic heterocycles. The van der Waals surface area contributed by atoms with Gasteiger partial charge in [0.25, 0.3) is 13.1 Å². The lowest BCUT2D eigenvalue weighted by atomic mass is 10.1. The Morgan fingerprint density at radius 1 is 1.57 bits per heavy atom. The summed E-state index contributed by atoms with van der Waals surface area (Å²) < 4.78 is 25.2. The molecule has 1 saturated heterocycles. The molecule has 4 atom stereocenters. The molecular weight excluding hydrogens is 411 g/mol. The molecule has 1 aliphatic rings. The number of aromatic amines is 1. The van der Waals surface area contributed by atoms with Gasteiger partial charge in [0.1, 0.15) is 11.8 Å². The number of hydrogen-bond acceptors (Lipinski definition) is 6. The van der Waals surface area contributed by atoms with Gasteiger partial charge in [0, 0.05) is 29.6 Å². The molecular formula is C15H24ClN6O5P. The van der Waals surface area contributed by atoms with E-state index in [1.165, 1.54) is 10.8 Å². The molecule has 0 aliphatic carbocycles. The fourth-order valence-corrected chi connectivity index (χ4v) is 4.36. The number of aromatic nitrogens is 2. The lowest BCUT2D eigenvalue weighted by Gasteiger charge is -2.21. The van der Waals surface area contributed by atoms with Gasteiger partial charge in [0.2, 0.25) is 0 Å². The topological polar surface area (TPSA) is 151 Å². The van der Waals surface area contributed by atoms with Gasteiger partial charge in [0.15, 0.2) is 0 Å². The van der Waals surface area contributed by atoms with Crippen molar-refractivity contribution in [2.24, 2.45) is 5.11 Å². The highest BCUT2D eigenvalue weighted by Crippen LogP contribution is 2.44. The Labute approximate surface area is 166 Å².